The fourth-order valence-corrected chi connectivity index (χ4v) is 2.22. The minimum absolute atomic E-state index is 0.687. The van der Waals surface area contributed by atoms with Crippen molar-refractivity contribution in [3.05, 3.63) is 53.3 Å². The molecule has 1 heterocycles. The van der Waals surface area contributed by atoms with Crippen molar-refractivity contribution in [1.29, 1.82) is 0 Å². The predicted molar refractivity (Wildman–Crippen MR) is 77.1 cm³/mol. The molecule has 4 heteroatoms. The molecule has 94 valence electrons. The van der Waals surface area contributed by atoms with Crippen molar-refractivity contribution in [2.75, 3.05) is 24.2 Å². The number of halogens is 1. The Balaban J connectivity index is 2.06. The minimum Gasteiger partial charge on any atom is -0.397 e. The van der Waals surface area contributed by atoms with Crippen molar-refractivity contribution in [1.82, 2.24) is 4.98 Å². The summed E-state index contributed by atoms with van der Waals surface area (Å²) in [4.78, 5) is 6.09. The second-order valence-corrected chi connectivity index (χ2v) is 4.61. The summed E-state index contributed by atoms with van der Waals surface area (Å²) < 4.78 is 0. The van der Waals surface area contributed by atoms with Crippen LogP contribution in [0.25, 0.3) is 0 Å². The van der Waals surface area contributed by atoms with E-state index in [1.807, 2.05) is 37.4 Å². The summed E-state index contributed by atoms with van der Waals surface area (Å²) >= 11 is 6.17. The lowest BCUT2D eigenvalue weighted by atomic mass is 10.2. The highest BCUT2D eigenvalue weighted by molar-refractivity contribution is 6.33. The molecule has 0 aliphatic carbocycles. The maximum Gasteiger partial charge on any atom is 0.0786 e. The Hall–Kier alpha value is -1.74. The lowest BCUT2D eigenvalue weighted by Crippen LogP contribution is -2.21. The van der Waals surface area contributed by atoms with Gasteiger partial charge in [-0.2, -0.15) is 0 Å². The predicted octanol–water partition coefficient (Wildman–Crippen LogP) is 3.00. The summed E-state index contributed by atoms with van der Waals surface area (Å²) in [6.45, 7) is 0.859. The summed E-state index contributed by atoms with van der Waals surface area (Å²) in [5, 5.41) is 0.687. The first-order valence-corrected chi connectivity index (χ1v) is 6.20. The van der Waals surface area contributed by atoms with E-state index in [1.165, 1.54) is 5.56 Å². The molecule has 3 nitrogen and oxygen atoms in total. The smallest absolute Gasteiger partial charge is 0.0786 e. The third kappa shape index (κ3) is 2.93. The molecule has 0 bridgehead atoms. The van der Waals surface area contributed by atoms with Gasteiger partial charge in [0.15, 0.2) is 0 Å². The molecule has 2 aromatic rings. The van der Waals surface area contributed by atoms with Gasteiger partial charge in [-0.1, -0.05) is 17.7 Å². The molecule has 1 aromatic heterocycles. The summed E-state index contributed by atoms with van der Waals surface area (Å²) in [6, 6.07) is 9.62. The van der Waals surface area contributed by atoms with E-state index in [2.05, 4.69) is 9.88 Å². The Labute approximate surface area is 112 Å². The highest BCUT2D eigenvalue weighted by Gasteiger charge is 2.09. The monoisotopic (exact) mass is 261 g/mol. The van der Waals surface area contributed by atoms with E-state index in [9.17, 15) is 0 Å². The second-order valence-electron chi connectivity index (χ2n) is 4.20. The molecule has 1 aromatic carbocycles. The average Bonchev–Trinajstić information content (AvgIpc) is 2.37. The van der Waals surface area contributed by atoms with Crippen molar-refractivity contribution in [2.45, 2.75) is 6.42 Å². The molecule has 0 radical (unpaired) electrons. The average molecular weight is 262 g/mol. The van der Waals surface area contributed by atoms with E-state index in [4.69, 9.17) is 17.3 Å². The number of anilines is 2. The largest absolute Gasteiger partial charge is 0.397 e. The molecule has 0 fully saturated rings. The van der Waals surface area contributed by atoms with Gasteiger partial charge in [0.1, 0.15) is 0 Å². The van der Waals surface area contributed by atoms with Crippen LogP contribution in [0.15, 0.2) is 42.7 Å². The van der Waals surface area contributed by atoms with E-state index < -0.39 is 0 Å². The number of rotatable bonds is 4. The first-order chi connectivity index (χ1) is 8.68. The van der Waals surface area contributed by atoms with Crippen LogP contribution in [-0.4, -0.2) is 18.6 Å². The van der Waals surface area contributed by atoms with Crippen LogP contribution in [0.3, 0.4) is 0 Å². The molecule has 0 saturated carbocycles. The maximum absolute atomic E-state index is 6.17. The van der Waals surface area contributed by atoms with Crippen LogP contribution >= 0.6 is 11.6 Å². The molecule has 0 atom stereocenters. The van der Waals surface area contributed by atoms with E-state index in [1.54, 1.807) is 12.4 Å². The topological polar surface area (TPSA) is 42.2 Å². The minimum atomic E-state index is 0.687. The maximum atomic E-state index is 6.17. The van der Waals surface area contributed by atoms with Gasteiger partial charge in [-0.15, -0.1) is 0 Å². The number of nitrogens with two attached hydrogens (primary N) is 1. The SMILES string of the molecule is CN(CCc1ccncc1)c1c(N)cccc1Cl. The zero-order valence-corrected chi connectivity index (χ0v) is 11.1. The Morgan fingerprint density at radius 2 is 1.94 bits per heavy atom. The fourth-order valence-electron chi connectivity index (χ4n) is 1.89. The van der Waals surface area contributed by atoms with Gasteiger partial charge in [0.25, 0.3) is 0 Å². The summed E-state index contributed by atoms with van der Waals surface area (Å²) in [5.74, 6) is 0. The van der Waals surface area contributed by atoms with Gasteiger partial charge in [-0.05, 0) is 36.2 Å². The molecule has 0 unspecified atom stereocenters. The van der Waals surface area contributed by atoms with Gasteiger partial charge in [0.2, 0.25) is 0 Å². The second kappa shape index (κ2) is 5.74. The quantitative estimate of drug-likeness (QED) is 0.861. The molecule has 18 heavy (non-hydrogen) atoms. The molecule has 2 rings (SSSR count). The van der Waals surface area contributed by atoms with Crippen molar-refractivity contribution in [3.63, 3.8) is 0 Å². The molecule has 0 saturated heterocycles. The Morgan fingerprint density at radius 1 is 1.22 bits per heavy atom. The van der Waals surface area contributed by atoms with Crippen LogP contribution in [0.5, 0.6) is 0 Å². The molecule has 0 spiro atoms. The molecule has 0 amide bonds. The van der Waals surface area contributed by atoms with Gasteiger partial charge in [0, 0.05) is 26.0 Å². The normalized spacial score (nSPS) is 10.3. The van der Waals surface area contributed by atoms with Gasteiger partial charge in [0.05, 0.1) is 16.4 Å². The highest BCUT2D eigenvalue weighted by Crippen LogP contribution is 2.30. The number of nitrogen functional groups attached to an aromatic ring is 1. The van der Waals surface area contributed by atoms with E-state index in [0.717, 1.165) is 18.7 Å². The third-order valence-corrected chi connectivity index (χ3v) is 3.19. The first-order valence-electron chi connectivity index (χ1n) is 5.82. The molecular weight excluding hydrogens is 246 g/mol. The number of hydrogen-bond acceptors (Lipinski definition) is 3. The molecule has 0 aliphatic heterocycles. The lowest BCUT2D eigenvalue weighted by molar-refractivity contribution is 0.876. The fraction of sp³-hybridized carbons (Fsp3) is 0.214. The first kappa shape index (κ1) is 12.7. The lowest BCUT2D eigenvalue weighted by Gasteiger charge is -2.22. The van der Waals surface area contributed by atoms with Crippen molar-refractivity contribution in [2.24, 2.45) is 0 Å². The van der Waals surface area contributed by atoms with E-state index in [-0.39, 0.29) is 0 Å². The summed E-state index contributed by atoms with van der Waals surface area (Å²) in [7, 11) is 2.00. The Bertz CT molecular complexity index is 493. The number of benzene rings is 1. The Morgan fingerprint density at radius 3 is 2.61 bits per heavy atom. The number of likely N-dealkylation sites (N-methyl/N-ethyl adjacent to an activating group) is 1. The number of pyridine rings is 1. The van der Waals surface area contributed by atoms with Crippen LogP contribution in [0, 0.1) is 0 Å². The van der Waals surface area contributed by atoms with Crippen molar-refractivity contribution < 1.29 is 0 Å². The highest BCUT2D eigenvalue weighted by atomic mass is 35.5. The third-order valence-electron chi connectivity index (χ3n) is 2.88. The van der Waals surface area contributed by atoms with E-state index in [0.29, 0.717) is 10.7 Å². The van der Waals surface area contributed by atoms with Gasteiger partial charge >= 0.3 is 0 Å². The number of aromatic nitrogens is 1. The van der Waals surface area contributed by atoms with Crippen molar-refractivity contribution in [3.8, 4) is 0 Å². The van der Waals surface area contributed by atoms with Crippen LogP contribution in [0.1, 0.15) is 5.56 Å². The van der Waals surface area contributed by atoms with Gasteiger partial charge in [-0.3, -0.25) is 4.98 Å². The van der Waals surface area contributed by atoms with Crippen LogP contribution in [-0.2, 0) is 6.42 Å². The molecular formula is C14H16ClN3. The van der Waals surface area contributed by atoms with Crippen LogP contribution in [0.4, 0.5) is 11.4 Å². The number of nitrogens with zero attached hydrogens (tertiary/aromatic N) is 2. The Kier molecular flexibility index (Phi) is 4.05. The van der Waals surface area contributed by atoms with Gasteiger partial charge in [-0.25, -0.2) is 0 Å². The summed E-state index contributed by atoms with van der Waals surface area (Å²) in [5.41, 5.74) is 8.81. The van der Waals surface area contributed by atoms with Crippen LogP contribution < -0.4 is 10.6 Å². The summed E-state index contributed by atoms with van der Waals surface area (Å²) in [6.07, 6.45) is 4.54. The standard InChI is InChI=1S/C14H16ClN3/c1-18(10-7-11-5-8-17-9-6-11)14-12(15)3-2-4-13(14)16/h2-6,8-9H,7,10,16H2,1H3. The number of hydrogen-bond donors (Lipinski definition) is 1. The zero-order valence-electron chi connectivity index (χ0n) is 10.3. The van der Waals surface area contributed by atoms with Crippen molar-refractivity contribution >= 4 is 23.0 Å². The molecule has 2 N–H and O–H groups in total. The van der Waals surface area contributed by atoms with Crippen LogP contribution in [0.2, 0.25) is 5.02 Å². The molecule has 0 aliphatic rings. The van der Waals surface area contributed by atoms with Gasteiger partial charge < -0.3 is 10.6 Å². The van der Waals surface area contributed by atoms with E-state index >= 15 is 0 Å². The zero-order chi connectivity index (χ0) is 13.0. The number of para-hydroxylation sites is 1.